The molecular weight excluding hydrogens is 350 g/mol. The average molecular weight is 370 g/mol. The van der Waals surface area contributed by atoms with Crippen molar-refractivity contribution in [3.63, 3.8) is 0 Å². The fourth-order valence-electron chi connectivity index (χ4n) is 2.54. The van der Waals surface area contributed by atoms with Crippen LogP contribution in [0.25, 0.3) is 0 Å². The van der Waals surface area contributed by atoms with Gasteiger partial charge in [0.05, 0.1) is 18.3 Å². The highest BCUT2D eigenvalue weighted by Crippen LogP contribution is 2.29. The van der Waals surface area contributed by atoms with Crippen molar-refractivity contribution in [1.82, 2.24) is 15.2 Å². The summed E-state index contributed by atoms with van der Waals surface area (Å²) < 4.78 is 5.15. The molecule has 0 bridgehead atoms. The molecule has 0 aliphatic carbocycles. The zero-order valence-electron chi connectivity index (χ0n) is 14.8. The predicted octanol–water partition coefficient (Wildman–Crippen LogP) is 5.14. The number of benzene rings is 2. The number of rotatable bonds is 6. The van der Waals surface area contributed by atoms with Gasteiger partial charge in [-0.1, -0.05) is 43.6 Å². The van der Waals surface area contributed by atoms with Crippen LogP contribution >= 0.6 is 11.6 Å². The number of aromatic nitrogens is 3. The first-order valence-corrected chi connectivity index (χ1v) is 8.61. The third-order valence-corrected chi connectivity index (χ3v) is 4.11. The molecule has 7 heteroatoms. The van der Waals surface area contributed by atoms with Gasteiger partial charge < -0.3 is 15.4 Å². The smallest absolute Gasteiger partial charge is 0.249 e. The van der Waals surface area contributed by atoms with E-state index >= 15 is 0 Å². The lowest BCUT2D eigenvalue weighted by molar-refractivity contribution is 0.415. The minimum absolute atomic E-state index is 0.373. The first kappa shape index (κ1) is 17.9. The summed E-state index contributed by atoms with van der Waals surface area (Å²) in [6.45, 7) is 4.30. The third kappa shape index (κ3) is 4.21. The number of ether oxygens (including phenoxy) is 1. The van der Waals surface area contributed by atoms with E-state index < -0.39 is 0 Å². The van der Waals surface area contributed by atoms with Crippen LogP contribution in [0.3, 0.4) is 0 Å². The van der Waals surface area contributed by atoms with Gasteiger partial charge in [0.25, 0.3) is 0 Å². The lowest BCUT2D eigenvalue weighted by Gasteiger charge is -2.14. The first-order chi connectivity index (χ1) is 12.6. The molecule has 0 saturated carbocycles. The Bertz CT molecular complexity index is 901. The Morgan fingerprint density at radius 2 is 1.88 bits per heavy atom. The number of methoxy groups -OCH3 is 1. The summed E-state index contributed by atoms with van der Waals surface area (Å²) in [6.07, 6.45) is 1.59. The van der Waals surface area contributed by atoms with Crippen LogP contribution in [0.1, 0.15) is 25.3 Å². The SMILES string of the molecule is COc1ccc(Nc2nncc(Nc3ccccc3C(C)C)n2)cc1Cl. The van der Waals surface area contributed by atoms with Crippen LogP contribution in [-0.2, 0) is 0 Å². The van der Waals surface area contributed by atoms with Crippen LogP contribution in [-0.4, -0.2) is 22.3 Å². The molecule has 1 aromatic heterocycles. The number of anilines is 4. The van der Waals surface area contributed by atoms with Crippen molar-refractivity contribution in [2.45, 2.75) is 19.8 Å². The molecule has 3 aromatic rings. The van der Waals surface area contributed by atoms with E-state index in [1.165, 1.54) is 5.56 Å². The molecule has 2 N–H and O–H groups in total. The summed E-state index contributed by atoms with van der Waals surface area (Å²) in [4.78, 5) is 4.47. The van der Waals surface area contributed by atoms with E-state index in [1.807, 2.05) is 24.3 Å². The molecule has 1 heterocycles. The molecule has 2 aromatic carbocycles. The van der Waals surface area contributed by atoms with Crippen molar-refractivity contribution in [2.24, 2.45) is 0 Å². The van der Waals surface area contributed by atoms with Crippen molar-refractivity contribution >= 4 is 34.7 Å². The zero-order valence-corrected chi connectivity index (χ0v) is 15.6. The van der Waals surface area contributed by atoms with Crippen LogP contribution < -0.4 is 15.4 Å². The summed E-state index contributed by atoms with van der Waals surface area (Å²) in [5.74, 6) is 1.98. The normalized spacial score (nSPS) is 10.7. The Hall–Kier alpha value is -2.86. The second-order valence-electron chi connectivity index (χ2n) is 6.01. The van der Waals surface area contributed by atoms with Crippen LogP contribution in [0.15, 0.2) is 48.7 Å². The highest BCUT2D eigenvalue weighted by atomic mass is 35.5. The van der Waals surface area contributed by atoms with Gasteiger partial charge in [-0.25, -0.2) is 0 Å². The van der Waals surface area contributed by atoms with Gasteiger partial charge in [0.1, 0.15) is 5.75 Å². The fourth-order valence-corrected chi connectivity index (χ4v) is 2.80. The maximum absolute atomic E-state index is 6.15. The van der Waals surface area contributed by atoms with Gasteiger partial charge in [0.2, 0.25) is 5.95 Å². The molecule has 0 spiro atoms. The lowest BCUT2D eigenvalue weighted by Crippen LogP contribution is -2.04. The Morgan fingerprint density at radius 1 is 1.08 bits per heavy atom. The molecule has 0 amide bonds. The van der Waals surface area contributed by atoms with Gasteiger partial charge in [0, 0.05) is 11.4 Å². The summed E-state index contributed by atoms with van der Waals surface area (Å²) in [6, 6.07) is 13.5. The van der Waals surface area contributed by atoms with E-state index in [-0.39, 0.29) is 0 Å². The van der Waals surface area contributed by atoms with Crippen molar-refractivity contribution in [3.05, 3.63) is 59.2 Å². The molecule has 26 heavy (non-hydrogen) atoms. The molecule has 134 valence electrons. The largest absolute Gasteiger partial charge is 0.495 e. The minimum atomic E-state index is 0.373. The monoisotopic (exact) mass is 369 g/mol. The van der Waals surface area contributed by atoms with E-state index in [0.29, 0.717) is 28.5 Å². The van der Waals surface area contributed by atoms with E-state index in [9.17, 15) is 0 Å². The number of nitrogens with zero attached hydrogens (tertiary/aromatic N) is 3. The van der Waals surface area contributed by atoms with E-state index in [2.05, 4.69) is 45.7 Å². The fraction of sp³-hybridized carbons (Fsp3) is 0.211. The average Bonchev–Trinajstić information content (AvgIpc) is 2.62. The van der Waals surface area contributed by atoms with Crippen molar-refractivity contribution in [3.8, 4) is 5.75 Å². The summed E-state index contributed by atoms with van der Waals surface area (Å²) in [5, 5.41) is 14.9. The second kappa shape index (κ2) is 8.01. The number of halogens is 1. The van der Waals surface area contributed by atoms with Gasteiger partial charge in [-0.3, -0.25) is 0 Å². The van der Waals surface area contributed by atoms with Crippen molar-refractivity contribution in [1.29, 1.82) is 0 Å². The van der Waals surface area contributed by atoms with Crippen molar-refractivity contribution in [2.75, 3.05) is 17.7 Å². The molecule has 6 nitrogen and oxygen atoms in total. The Morgan fingerprint density at radius 3 is 2.62 bits per heavy atom. The van der Waals surface area contributed by atoms with E-state index in [4.69, 9.17) is 16.3 Å². The highest BCUT2D eigenvalue weighted by Gasteiger charge is 2.08. The summed E-state index contributed by atoms with van der Waals surface area (Å²) in [7, 11) is 1.57. The van der Waals surface area contributed by atoms with Gasteiger partial charge in [0.15, 0.2) is 5.82 Å². The molecule has 3 rings (SSSR count). The van der Waals surface area contributed by atoms with E-state index in [0.717, 1.165) is 11.4 Å². The van der Waals surface area contributed by atoms with E-state index in [1.54, 1.807) is 25.4 Å². The molecule has 0 fully saturated rings. The molecule has 0 atom stereocenters. The second-order valence-corrected chi connectivity index (χ2v) is 6.41. The molecule has 0 aliphatic heterocycles. The minimum Gasteiger partial charge on any atom is -0.495 e. The Balaban J connectivity index is 1.80. The van der Waals surface area contributed by atoms with Crippen LogP contribution in [0.5, 0.6) is 5.75 Å². The number of para-hydroxylation sites is 1. The Labute approximate surface area is 157 Å². The van der Waals surface area contributed by atoms with Crippen LogP contribution in [0, 0.1) is 0 Å². The molecule has 0 radical (unpaired) electrons. The maximum atomic E-state index is 6.15. The third-order valence-electron chi connectivity index (χ3n) is 3.81. The number of hydrogen-bond acceptors (Lipinski definition) is 6. The predicted molar refractivity (Wildman–Crippen MR) is 105 cm³/mol. The topological polar surface area (TPSA) is 72.0 Å². The molecule has 0 unspecified atom stereocenters. The number of nitrogens with one attached hydrogen (secondary N) is 2. The molecule has 0 saturated heterocycles. The van der Waals surface area contributed by atoms with Crippen molar-refractivity contribution < 1.29 is 4.74 Å². The van der Waals surface area contributed by atoms with Gasteiger partial charge in [-0.2, -0.15) is 10.1 Å². The zero-order chi connectivity index (χ0) is 18.5. The summed E-state index contributed by atoms with van der Waals surface area (Å²) in [5.41, 5.74) is 2.96. The molecule has 0 aliphatic rings. The summed E-state index contributed by atoms with van der Waals surface area (Å²) >= 11 is 6.15. The highest BCUT2D eigenvalue weighted by molar-refractivity contribution is 6.32. The quantitative estimate of drug-likeness (QED) is 0.626. The van der Waals surface area contributed by atoms with Gasteiger partial charge in [-0.15, -0.1) is 5.10 Å². The van der Waals surface area contributed by atoms with Crippen LogP contribution in [0.4, 0.5) is 23.1 Å². The first-order valence-electron chi connectivity index (χ1n) is 8.23. The lowest BCUT2D eigenvalue weighted by atomic mass is 10.0. The van der Waals surface area contributed by atoms with Gasteiger partial charge in [-0.05, 0) is 35.7 Å². The van der Waals surface area contributed by atoms with Gasteiger partial charge >= 0.3 is 0 Å². The number of hydrogen-bond donors (Lipinski definition) is 2. The maximum Gasteiger partial charge on any atom is 0.249 e. The Kier molecular flexibility index (Phi) is 5.53. The standard InChI is InChI=1S/C19H20ClN5O/c1-12(2)14-6-4-5-7-16(14)23-18-11-21-25-19(24-18)22-13-8-9-17(26-3)15(20)10-13/h4-12H,1-3H3,(H2,22,23,24,25). The van der Waals surface area contributed by atoms with Crippen LogP contribution in [0.2, 0.25) is 5.02 Å². The molecular formula is C19H20ClN5O.